The molecule has 5 nitrogen and oxygen atoms in total. The Morgan fingerprint density at radius 1 is 1.09 bits per heavy atom. The summed E-state index contributed by atoms with van der Waals surface area (Å²) in [6.07, 6.45) is 0. The van der Waals surface area contributed by atoms with Gasteiger partial charge in [0.15, 0.2) is 0 Å². The maximum atomic E-state index is 5.71. The number of fused-ring (bicyclic) bond motifs is 1. The first-order chi connectivity index (χ1) is 10.7. The highest BCUT2D eigenvalue weighted by Gasteiger charge is 2.17. The van der Waals surface area contributed by atoms with Gasteiger partial charge in [-0.15, -0.1) is 0 Å². The number of anilines is 1. The van der Waals surface area contributed by atoms with E-state index < -0.39 is 0 Å². The van der Waals surface area contributed by atoms with Gasteiger partial charge < -0.3 is 14.5 Å². The topological polar surface area (TPSA) is 60.2 Å². The number of ether oxygens (including phenoxy) is 1. The molecule has 2 heterocycles. The van der Waals surface area contributed by atoms with Crippen molar-refractivity contribution in [3.8, 4) is 0 Å². The van der Waals surface area contributed by atoms with Crippen LogP contribution in [-0.4, -0.2) is 23.7 Å². The highest BCUT2D eigenvalue weighted by atomic mass is 16.5. The van der Waals surface area contributed by atoms with E-state index in [1.165, 1.54) is 0 Å². The second-order valence-electron chi connectivity index (χ2n) is 5.25. The summed E-state index contributed by atoms with van der Waals surface area (Å²) in [5, 5.41) is 3.38. The third-order valence-electron chi connectivity index (χ3n) is 3.49. The first-order valence-electron chi connectivity index (χ1n) is 7.22. The zero-order valence-electron chi connectivity index (χ0n) is 13.0. The number of nitrogens with zero attached hydrogens (tertiary/aromatic N) is 2. The zero-order chi connectivity index (χ0) is 15.5. The van der Waals surface area contributed by atoms with Gasteiger partial charge >= 0.3 is 0 Å². The Labute approximate surface area is 129 Å². The molecule has 0 bridgehead atoms. The molecule has 3 aromatic rings. The van der Waals surface area contributed by atoms with Crippen LogP contribution >= 0.6 is 0 Å². The molecular weight excluding hydrogens is 278 g/mol. The standard InChI is InChI=1S/C17H19N3O2/c1-11-8-9-16(22-11)15(10-21-3)20-17-12(2)18-13-6-4-5-7-14(13)19-17/h4-9,15H,10H2,1-3H3,(H,19,20). The fourth-order valence-corrected chi connectivity index (χ4v) is 2.39. The Balaban J connectivity index is 1.93. The number of hydrogen-bond acceptors (Lipinski definition) is 5. The SMILES string of the molecule is COCC(Nc1nc2ccccc2nc1C)c1ccc(C)o1. The molecule has 1 aromatic carbocycles. The van der Waals surface area contributed by atoms with E-state index in [2.05, 4.69) is 15.3 Å². The molecule has 0 aliphatic carbocycles. The first-order valence-corrected chi connectivity index (χ1v) is 7.22. The van der Waals surface area contributed by atoms with Crippen molar-refractivity contribution < 1.29 is 9.15 Å². The molecule has 114 valence electrons. The van der Waals surface area contributed by atoms with Crippen LogP contribution < -0.4 is 5.32 Å². The first kappa shape index (κ1) is 14.5. The minimum Gasteiger partial charge on any atom is -0.464 e. The summed E-state index contributed by atoms with van der Waals surface area (Å²) in [5.41, 5.74) is 2.60. The number of hydrogen-bond donors (Lipinski definition) is 1. The molecule has 0 spiro atoms. The van der Waals surface area contributed by atoms with E-state index in [-0.39, 0.29) is 6.04 Å². The van der Waals surface area contributed by atoms with Crippen LogP contribution in [0.3, 0.4) is 0 Å². The van der Waals surface area contributed by atoms with E-state index in [1.807, 2.05) is 50.2 Å². The molecule has 0 amide bonds. The number of methoxy groups -OCH3 is 1. The zero-order valence-corrected chi connectivity index (χ0v) is 13.0. The second kappa shape index (κ2) is 6.15. The number of furan rings is 1. The third kappa shape index (κ3) is 2.94. The average molecular weight is 297 g/mol. The van der Waals surface area contributed by atoms with Gasteiger partial charge in [-0.05, 0) is 38.1 Å². The minimum absolute atomic E-state index is 0.104. The molecule has 5 heteroatoms. The van der Waals surface area contributed by atoms with Crippen LogP contribution in [0, 0.1) is 13.8 Å². The lowest BCUT2D eigenvalue weighted by Crippen LogP contribution is -2.17. The lowest BCUT2D eigenvalue weighted by atomic mass is 10.2. The van der Waals surface area contributed by atoms with Crippen molar-refractivity contribution in [2.45, 2.75) is 19.9 Å². The Bertz CT molecular complexity index is 782. The molecule has 2 aromatic heterocycles. The van der Waals surface area contributed by atoms with Crippen molar-refractivity contribution in [2.24, 2.45) is 0 Å². The van der Waals surface area contributed by atoms with E-state index in [0.29, 0.717) is 6.61 Å². The number of aryl methyl sites for hydroxylation is 2. The van der Waals surface area contributed by atoms with Crippen LogP contribution in [0.1, 0.15) is 23.3 Å². The van der Waals surface area contributed by atoms with Crippen LogP contribution in [0.25, 0.3) is 11.0 Å². The van der Waals surface area contributed by atoms with Gasteiger partial charge in [0.1, 0.15) is 23.4 Å². The van der Waals surface area contributed by atoms with Crippen molar-refractivity contribution in [2.75, 3.05) is 19.0 Å². The van der Waals surface area contributed by atoms with E-state index in [9.17, 15) is 0 Å². The molecule has 1 N–H and O–H groups in total. The Kier molecular flexibility index (Phi) is 4.06. The minimum atomic E-state index is -0.104. The summed E-state index contributed by atoms with van der Waals surface area (Å²) in [6.45, 7) is 4.36. The van der Waals surface area contributed by atoms with Crippen LogP contribution in [-0.2, 0) is 4.74 Å². The predicted octanol–water partition coefficient (Wildman–Crippen LogP) is 3.64. The highest BCUT2D eigenvalue weighted by molar-refractivity contribution is 5.76. The summed E-state index contributed by atoms with van der Waals surface area (Å²) in [6, 6.07) is 11.6. The molecule has 0 radical (unpaired) electrons. The molecule has 1 unspecified atom stereocenters. The van der Waals surface area contributed by atoms with Gasteiger partial charge in [-0.3, -0.25) is 0 Å². The number of nitrogens with one attached hydrogen (secondary N) is 1. The molecule has 0 saturated carbocycles. The van der Waals surface area contributed by atoms with Gasteiger partial charge in [0, 0.05) is 7.11 Å². The smallest absolute Gasteiger partial charge is 0.148 e. The van der Waals surface area contributed by atoms with Gasteiger partial charge in [-0.1, -0.05) is 12.1 Å². The van der Waals surface area contributed by atoms with Crippen molar-refractivity contribution in [3.63, 3.8) is 0 Å². The van der Waals surface area contributed by atoms with E-state index >= 15 is 0 Å². The summed E-state index contributed by atoms with van der Waals surface area (Å²) in [7, 11) is 1.67. The van der Waals surface area contributed by atoms with Crippen molar-refractivity contribution >= 4 is 16.9 Å². The number of benzene rings is 1. The predicted molar refractivity (Wildman–Crippen MR) is 86.0 cm³/mol. The molecule has 3 rings (SSSR count). The van der Waals surface area contributed by atoms with Gasteiger partial charge in [-0.25, -0.2) is 9.97 Å². The van der Waals surface area contributed by atoms with Crippen LogP contribution in [0.4, 0.5) is 5.82 Å². The largest absolute Gasteiger partial charge is 0.464 e. The van der Waals surface area contributed by atoms with Gasteiger partial charge in [0.25, 0.3) is 0 Å². The quantitative estimate of drug-likeness (QED) is 0.779. The number of aromatic nitrogens is 2. The Hall–Kier alpha value is -2.40. The molecule has 0 saturated heterocycles. The molecule has 0 aliphatic heterocycles. The maximum absolute atomic E-state index is 5.71. The van der Waals surface area contributed by atoms with Crippen LogP contribution in [0.15, 0.2) is 40.8 Å². The van der Waals surface area contributed by atoms with E-state index in [4.69, 9.17) is 9.15 Å². The fraction of sp³-hybridized carbons (Fsp3) is 0.294. The molecule has 0 fully saturated rings. The number of para-hydroxylation sites is 2. The Morgan fingerprint density at radius 2 is 1.82 bits per heavy atom. The van der Waals surface area contributed by atoms with Crippen molar-refractivity contribution in [3.05, 3.63) is 53.6 Å². The lowest BCUT2D eigenvalue weighted by molar-refractivity contribution is 0.178. The van der Waals surface area contributed by atoms with Crippen molar-refractivity contribution in [1.29, 1.82) is 0 Å². The summed E-state index contributed by atoms with van der Waals surface area (Å²) in [4.78, 5) is 9.25. The molecule has 1 atom stereocenters. The van der Waals surface area contributed by atoms with E-state index in [1.54, 1.807) is 7.11 Å². The summed E-state index contributed by atoms with van der Waals surface area (Å²) >= 11 is 0. The molecular formula is C17H19N3O2. The summed E-state index contributed by atoms with van der Waals surface area (Å²) in [5.74, 6) is 2.45. The second-order valence-corrected chi connectivity index (χ2v) is 5.25. The third-order valence-corrected chi connectivity index (χ3v) is 3.49. The van der Waals surface area contributed by atoms with Crippen molar-refractivity contribution in [1.82, 2.24) is 9.97 Å². The van der Waals surface area contributed by atoms with Crippen LogP contribution in [0.5, 0.6) is 0 Å². The Morgan fingerprint density at radius 3 is 2.45 bits per heavy atom. The van der Waals surface area contributed by atoms with Gasteiger partial charge in [0.2, 0.25) is 0 Å². The summed E-state index contributed by atoms with van der Waals surface area (Å²) < 4.78 is 11.0. The normalized spacial score (nSPS) is 12.5. The average Bonchev–Trinajstić information content (AvgIpc) is 2.94. The van der Waals surface area contributed by atoms with Gasteiger partial charge in [0.05, 0.1) is 23.3 Å². The van der Waals surface area contributed by atoms with Crippen LogP contribution in [0.2, 0.25) is 0 Å². The number of rotatable bonds is 5. The fourth-order valence-electron chi connectivity index (χ4n) is 2.39. The lowest BCUT2D eigenvalue weighted by Gasteiger charge is -2.18. The monoisotopic (exact) mass is 297 g/mol. The molecule has 0 aliphatic rings. The van der Waals surface area contributed by atoms with E-state index in [0.717, 1.165) is 34.1 Å². The maximum Gasteiger partial charge on any atom is 0.148 e. The highest BCUT2D eigenvalue weighted by Crippen LogP contribution is 2.24. The van der Waals surface area contributed by atoms with Gasteiger partial charge in [-0.2, -0.15) is 0 Å². The molecule has 22 heavy (non-hydrogen) atoms.